The molecular formula is C19H18N2O4. The Labute approximate surface area is 145 Å². The summed E-state index contributed by atoms with van der Waals surface area (Å²) in [4.78, 5) is 16.5. The van der Waals surface area contributed by atoms with Crippen LogP contribution in [0.25, 0.3) is 0 Å². The van der Waals surface area contributed by atoms with E-state index in [9.17, 15) is 9.90 Å². The van der Waals surface area contributed by atoms with Crippen molar-refractivity contribution >= 4 is 5.91 Å². The molecule has 0 radical (unpaired) electrons. The first-order chi connectivity index (χ1) is 12.1. The molecule has 0 fully saturated rings. The second-order valence-electron chi connectivity index (χ2n) is 5.72. The van der Waals surface area contributed by atoms with Gasteiger partial charge in [0.1, 0.15) is 22.9 Å². The van der Waals surface area contributed by atoms with Crippen LogP contribution < -0.4 is 10.1 Å². The Kier molecular flexibility index (Phi) is 4.81. The van der Waals surface area contributed by atoms with E-state index in [1.165, 1.54) is 6.26 Å². The number of ether oxygens (including phenoxy) is 1. The summed E-state index contributed by atoms with van der Waals surface area (Å²) in [6.45, 7) is 1.57. The first kappa shape index (κ1) is 16.7. The number of carbonyl (C=O) groups is 1. The third-order valence-corrected chi connectivity index (χ3v) is 3.64. The molecule has 0 aliphatic heterocycles. The lowest BCUT2D eigenvalue weighted by molar-refractivity contribution is 0.0330. The Bertz CT molecular complexity index is 830. The molecule has 25 heavy (non-hydrogen) atoms. The van der Waals surface area contributed by atoms with Gasteiger partial charge in [0, 0.05) is 6.20 Å². The highest BCUT2D eigenvalue weighted by Gasteiger charge is 2.27. The number of hydrogen-bond donors (Lipinski definition) is 2. The molecule has 128 valence electrons. The topological polar surface area (TPSA) is 84.6 Å². The van der Waals surface area contributed by atoms with E-state index in [0.717, 1.165) is 0 Å². The van der Waals surface area contributed by atoms with Crippen LogP contribution in [0.4, 0.5) is 0 Å². The molecule has 0 aliphatic carbocycles. The van der Waals surface area contributed by atoms with E-state index in [-0.39, 0.29) is 12.5 Å². The third kappa shape index (κ3) is 4.05. The standard InChI is InChI=1S/C19H18N2O4/c1-19(23,17-9-5-11-24-17)13-21-18(22)15-7-2-3-8-16(15)25-14-6-4-10-20-12-14/h2-12,23H,13H2,1H3,(H,21,22). The van der Waals surface area contributed by atoms with Crippen molar-refractivity contribution in [2.45, 2.75) is 12.5 Å². The highest BCUT2D eigenvalue weighted by Crippen LogP contribution is 2.25. The van der Waals surface area contributed by atoms with E-state index in [4.69, 9.17) is 9.15 Å². The van der Waals surface area contributed by atoms with Crippen LogP contribution in [0.15, 0.2) is 71.6 Å². The number of furan rings is 1. The van der Waals surface area contributed by atoms with Gasteiger partial charge in [0.2, 0.25) is 0 Å². The lowest BCUT2D eigenvalue weighted by atomic mass is 10.0. The van der Waals surface area contributed by atoms with Crippen LogP contribution in [0.5, 0.6) is 11.5 Å². The number of hydrogen-bond acceptors (Lipinski definition) is 5. The van der Waals surface area contributed by atoms with E-state index in [0.29, 0.717) is 22.8 Å². The lowest BCUT2D eigenvalue weighted by Crippen LogP contribution is -2.38. The molecule has 2 aromatic heterocycles. The zero-order valence-electron chi connectivity index (χ0n) is 13.7. The molecule has 3 rings (SSSR count). The largest absolute Gasteiger partial charge is 0.466 e. The molecule has 0 saturated heterocycles. The lowest BCUT2D eigenvalue weighted by Gasteiger charge is -2.21. The molecule has 6 heteroatoms. The molecule has 1 amide bonds. The van der Waals surface area contributed by atoms with Crippen molar-refractivity contribution in [1.82, 2.24) is 10.3 Å². The van der Waals surface area contributed by atoms with Crippen LogP contribution in [0, 0.1) is 0 Å². The monoisotopic (exact) mass is 338 g/mol. The molecule has 2 heterocycles. The maximum absolute atomic E-state index is 12.5. The number of pyridine rings is 1. The molecule has 1 unspecified atom stereocenters. The van der Waals surface area contributed by atoms with Gasteiger partial charge < -0.3 is 19.6 Å². The number of nitrogens with zero attached hydrogens (tertiary/aromatic N) is 1. The van der Waals surface area contributed by atoms with Gasteiger partial charge in [-0.25, -0.2) is 0 Å². The Morgan fingerprint density at radius 2 is 2.08 bits per heavy atom. The maximum atomic E-state index is 12.5. The summed E-state index contributed by atoms with van der Waals surface area (Å²) in [5, 5.41) is 13.1. The van der Waals surface area contributed by atoms with Crippen molar-refractivity contribution in [3.63, 3.8) is 0 Å². The van der Waals surface area contributed by atoms with Crippen molar-refractivity contribution in [2.24, 2.45) is 0 Å². The van der Waals surface area contributed by atoms with E-state index in [2.05, 4.69) is 10.3 Å². The summed E-state index contributed by atoms with van der Waals surface area (Å²) >= 11 is 0. The summed E-state index contributed by atoms with van der Waals surface area (Å²) in [5.41, 5.74) is -0.945. The minimum absolute atomic E-state index is 0.000569. The molecule has 1 atom stereocenters. The van der Waals surface area contributed by atoms with Crippen LogP contribution in [0.2, 0.25) is 0 Å². The smallest absolute Gasteiger partial charge is 0.255 e. The van der Waals surface area contributed by atoms with E-state index in [1.54, 1.807) is 67.8 Å². The number of rotatable bonds is 6. The fraction of sp³-hybridized carbons (Fsp3) is 0.158. The zero-order valence-corrected chi connectivity index (χ0v) is 13.7. The van der Waals surface area contributed by atoms with Gasteiger partial charge in [-0.05, 0) is 43.3 Å². The summed E-state index contributed by atoms with van der Waals surface area (Å²) < 4.78 is 10.9. The minimum atomic E-state index is -1.31. The first-order valence-corrected chi connectivity index (χ1v) is 7.78. The SMILES string of the molecule is CC(O)(CNC(=O)c1ccccc1Oc1cccnc1)c1ccco1. The first-order valence-electron chi connectivity index (χ1n) is 7.78. The van der Waals surface area contributed by atoms with Crippen LogP contribution >= 0.6 is 0 Å². The van der Waals surface area contributed by atoms with Gasteiger partial charge in [0.25, 0.3) is 5.91 Å². The summed E-state index contributed by atoms with van der Waals surface area (Å²) in [7, 11) is 0. The van der Waals surface area contributed by atoms with Crippen LogP contribution in [-0.2, 0) is 5.60 Å². The Hall–Kier alpha value is -3.12. The van der Waals surface area contributed by atoms with Gasteiger partial charge in [-0.15, -0.1) is 0 Å². The number of carbonyl (C=O) groups excluding carboxylic acids is 1. The summed E-state index contributed by atoms with van der Waals surface area (Å²) in [6, 6.07) is 13.7. The van der Waals surface area contributed by atoms with Crippen molar-refractivity contribution in [2.75, 3.05) is 6.54 Å². The second kappa shape index (κ2) is 7.19. The minimum Gasteiger partial charge on any atom is -0.466 e. The number of amides is 1. The Balaban J connectivity index is 1.72. The average molecular weight is 338 g/mol. The van der Waals surface area contributed by atoms with Crippen LogP contribution in [0.1, 0.15) is 23.0 Å². The number of aromatic nitrogens is 1. The molecule has 0 spiro atoms. The maximum Gasteiger partial charge on any atom is 0.255 e. The molecule has 3 aromatic rings. The number of para-hydroxylation sites is 1. The normalized spacial score (nSPS) is 13.0. The summed E-state index contributed by atoms with van der Waals surface area (Å²) in [6.07, 6.45) is 4.68. The molecule has 0 bridgehead atoms. The van der Waals surface area contributed by atoms with E-state index < -0.39 is 5.60 Å². The van der Waals surface area contributed by atoms with Crippen molar-refractivity contribution < 1.29 is 19.1 Å². The van der Waals surface area contributed by atoms with Crippen LogP contribution in [0.3, 0.4) is 0 Å². The second-order valence-corrected chi connectivity index (χ2v) is 5.72. The number of aliphatic hydroxyl groups is 1. The molecule has 0 saturated carbocycles. The number of benzene rings is 1. The van der Waals surface area contributed by atoms with E-state index in [1.807, 2.05) is 0 Å². The molecule has 0 aliphatic rings. The molecule has 6 nitrogen and oxygen atoms in total. The summed E-state index contributed by atoms with van der Waals surface area (Å²) in [5.74, 6) is 0.968. The van der Waals surface area contributed by atoms with Gasteiger partial charge in [0.15, 0.2) is 0 Å². The molecule has 2 N–H and O–H groups in total. The van der Waals surface area contributed by atoms with Gasteiger partial charge in [-0.3, -0.25) is 9.78 Å². The highest BCUT2D eigenvalue weighted by molar-refractivity contribution is 5.97. The van der Waals surface area contributed by atoms with E-state index >= 15 is 0 Å². The van der Waals surface area contributed by atoms with Gasteiger partial charge >= 0.3 is 0 Å². The molecule has 1 aromatic carbocycles. The molecular weight excluding hydrogens is 320 g/mol. The Morgan fingerprint density at radius 1 is 1.24 bits per heavy atom. The van der Waals surface area contributed by atoms with Crippen molar-refractivity contribution in [3.8, 4) is 11.5 Å². The van der Waals surface area contributed by atoms with Crippen molar-refractivity contribution in [1.29, 1.82) is 0 Å². The average Bonchev–Trinajstić information content (AvgIpc) is 3.17. The van der Waals surface area contributed by atoms with Crippen molar-refractivity contribution in [3.05, 3.63) is 78.5 Å². The zero-order chi connectivity index (χ0) is 17.7. The predicted octanol–water partition coefficient (Wildman–Crippen LogP) is 3.10. The van der Waals surface area contributed by atoms with Gasteiger partial charge in [-0.1, -0.05) is 12.1 Å². The van der Waals surface area contributed by atoms with Gasteiger partial charge in [0.05, 0.1) is 24.6 Å². The number of nitrogens with one attached hydrogen (secondary N) is 1. The predicted molar refractivity (Wildman–Crippen MR) is 91.4 cm³/mol. The Morgan fingerprint density at radius 3 is 2.80 bits per heavy atom. The highest BCUT2D eigenvalue weighted by atomic mass is 16.5. The quantitative estimate of drug-likeness (QED) is 0.721. The van der Waals surface area contributed by atoms with Crippen LogP contribution in [-0.4, -0.2) is 22.5 Å². The third-order valence-electron chi connectivity index (χ3n) is 3.64. The fourth-order valence-corrected chi connectivity index (χ4v) is 2.30. The van der Waals surface area contributed by atoms with Gasteiger partial charge in [-0.2, -0.15) is 0 Å². The fourth-order valence-electron chi connectivity index (χ4n) is 2.30.